The second-order valence-electron chi connectivity index (χ2n) is 5.41. The quantitative estimate of drug-likeness (QED) is 0.897. The summed E-state index contributed by atoms with van der Waals surface area (Å²) in [5, 5.41) is 2.96. The van der Waals surface area contributed by atoms with Gasteiger partial charge in [0.15, 0.2) is 5.65 Å². The van der Waals surface area contributed by atoms with Crippen molar-refractivity contribution in [2.75, 3.05) is 5.32 Å². The highest BCUT2D eigenvalue weighted by molar-refractivity contribution is 5.99. The highest BCUT2D eigenvalue weighted by Crippen LogP contribution is 2.17. The standard InChI is InChI=1S/C14H18N4O3/c1-8(2)7-10(19)16-9-5-6-15-12-11(9)13(20)18(4)14(21)17(12)3/h5-6,8H,7H2,1-4H3,(H,15,16,19). The molecule has 1 N–H and O–H groups in total. The van der Waals surface area contributed by atoms with E-state index in [0.29, 0.717) is 12.1 Å². The van der Waals surface area contributed by atoms with E-state index in [4.69, 9.17) is 0 Å². The summed E-state index contributed by atoms with van der Waals surface area (Å²) in [6, 6.07) is 1.56. The van der Waals surface area contributed by atoms with Crippen molar-refractivity contribution in [3.8, 4) is 0 Å². The van der Waals surface area contributed by atoms with E-state index in [0.717, 1.165) is 4.57 Å². The van der Waals surface area contributed by atoms with Gasteiger partial charge in [0.2, 0.25) is 5.91 Å². The number of pyridine rings is 1. The number of amides is 1. The number of nitrogens with one attached hydrogen (secondary N) is 1. The molecule has 0 aromatic carbocycles. The fourth-order valence-corrected chi connectivity index (χ4v) is 2.16. The van der Waals surface area contributed by atoms with Crippen LogP contribution in [-0.4, -0.2) is 20.0 Å². The molecule has 0 aliphatic rings. The van der Waals surface area contributed by atoms with Crippen molar-refractivity contribution < 1.29 is 4.79 Å². The second kappa shape index (κ2) is 5.51. The van der Waals surface area contributed by atoms with Gasteiger partial charge in [0.1, 0.15) is 5.39 Å². The fourth-order valence-electron chi connectivity index (χ4n) is 2.16. The van der Waals surface area contributed by atoms with E-state index in [-0.39, 0.29) is 22.9 Å². The normalized spacial score (nSPS) is 11.1. The third-order valence-corrected chi connectivity index (χ3v) is 3.21. The van der Waals surface area contributed by atoms with Crippen LogP contribution >= 0.6 is 0 Å². The van der Waals surface area contributed by atoms with Gasteiger partial charge in [0.25, 0.3) is 5.56 Å². The molecule has 0 unspecified atom stereocenters. The highest BCUT2D eigenvalue weighted by Gasteiger charge is 2.15. The first-order valence-electron chi connectivity index (χ1n) is 6.67. The topological polar surface area (TPSA) is 86.0 Å². The van der Waals surface area contributed by atoms with Crippen LogP contribution in [0.3, 0.4) is 0 Å². The molecule has 0 spiro atoms. The summed E-state index contributed by atoms with van der Waals surface area (Å²) < 4.78 is 2.29. The number of hydrogen-bond acceptors (Lipinski definition) is 4. The Kier molecular flexibility index (Phi) is 3.93. The average molecular weight is 290 g/mol. The molecule has 0 radical (unpaired) electrons. The second-order valence-corrected chi connectivity index (χ2v) is 5.41. The van der Waals surface area contributed by atoms with Crippen molar-refractivity contribution in [3.05, 3.63) is 33.1 Å². The zero-order chi connectivity index (χ0) is 15.7. The first kappa shape index (κ1) is 15.0. The van der Waals surface area contributed by atoms with Crippen LogP contribution in [-0.2, 0) is 18.9 Å². The molecule has 112 valence electrons. The van der Waals surface area contributed by atoms with Gasteiger partial charge in [-0.3, -0.25) is 18.7 Å². The van der Waals surface area contributed by atoms with Crippen molar-refractivity contribution in [2.45, 2.75) is 20.3 Å². The monoisotopic (exact) mass is 290 g/mol. The van der Waals surface area contributed by atoms with E-state index in [2.05, 4.69) is 10.3 Å². The summed E-state index contributed by atoms with van der Waals surface area (Å²) in [6.45, 7) is 3.87. The molecule has 0 aliphatic carbocycles. The number of aryl methyl sites for hydroxylation is 1. The molecule has 0 aliphatic heterocycles. The van der Waals surface area contributed by atoms with E-state index in [1.807, 2.05) is 13.8 Å². The largest absolute Gasteiger partial charge is 0.332 e. The van der Waals surface area contributed by atoms with Gasteiger partial charge in [0.05, 0.1) is 5.69 Å². The third-order valence-electron chi connectivity index (χ3n) is 3.21. The highest BCUT2D eigenvalue weighted by atomic mass is 16.2. The molecule has 7 nitrogen and oxygen atoms in total. The van der Waals surface area contributed by atoms with E-state index in [1.54, 1.807) is 6.07 Å². The molecule has 1 amide bonds. The van der Waals surface area contributed by atoms with Crippen LogP contribution in [0.15, 0.2) is 21.9 Å². The number of aromatic nitrogens is 3. The van der Waals surface area contributed by atoms with Crippen molar-refractivity contribution in [2.24, 2.45) is 20.0 Å². The Morgan fingerprint density at radius 1 is 1.29 bits per heavy atom. The summed E-state index contributed by atoms with van der Waals surface area (Å²) in [5.74, 6) is 0.0405. The zero-order valence-electron chi connectivity index (χ0n) is 12.5. The van der Waals surface area contributed by atoms with Crippen LogP contribution in [0.5, 0.6) is 0 Å². The first-order valence-corrected chi connectivity index (χ1v) is 6.67. The molecular weight excluding hydrogens is 272 g/mol. The van der Waals surface area contributed by atoms with E-state index < -0.39 is 11.2 Å². The molecule has 0 saturated carbocycles. The first-order chi connectivity index (χ1) is 9.82. The van der Waals surface area contributed by atoms with Gasteiger partial charge in [-0.2, -0.15) is 0 Å². The summed E-state index contributed by atoms with van der Waals surface area (Å²) >= 11 is 0. The van der Waals surface area contributed by atoms with Crippen molar-refractivity contribution in [1.82, 2.24) is 14.1 Å². The zero-order valence-corrected chi connectivity index (χ0v) is 12.5. The molecular formula is C14H18N4O3. The van der Waals surface area contributed by atoms with Crippen LogP contribution in [0.25, 0.3) is 11.0 Å². The van der Waals surface area contributed by atoms with E-state index >= 15 is 0 Å². The van der Waals surface area contributed by atoms with Crippen LogP contribution in [0.4, 0.5) is 5.69 Å². The molecule has 2 rings (SSSR count). The van der Waals surface area contributed by atoms with Gasteiger partial charge < -0.3 is 5.32 Å². The number of nitrogens with zero attached hydrogens (tertiary/aromatic N) is 3. The Labute approximate surface area is 121 Å². The predicted octanol–water partition coefficient (Wildman–Crippen LogP) is 0.617. The van der Waals surface area contributed by atoms with Crippen molar-refractivity contribution in [3.63, 3.8) is 0 Å². The third kappa shape index (κ3) is 2.72. The molecule has 2 aromatic rings. The van der Waals surface area contributed by atoms with Crippen LogP contribution in [0.1, 0.15) is 20.3 Å². The fraction of sp³-hybridized carbons (Fsp3) is 0.429. The lowest BCUT2D eigenvalue weighted by Gasteiger charge is -2.11. The maximum Gasteiger partial charge on any atom is 0.332 e. The summed E-state index contributed by atoms with van der Waals surface area (Å²) in [6.07, 6.45) is 1.82. The Balaban J connectivity index is 2.64. The van der Waals surface area contributed by atoms with Gasteiger partial charge in [-0.1, -0.05) is 13.8 Å². The number of carbonyl (C=O) groups excluding carboxylic acids is 1. The minimum absolute atomic E-state index is 0.173. The number of rotatable bonds is 3. The number of carbonyl (C=O) groups is 1. The lowest BCUT2D eigenvalue weighted by atomic mass is 10.1. The summed E-state index contributed by atoms with van der Waals surface area (Å²) in [5.41, 5.74) is -0.293. The molecule has 0 atom stereocenters. The molecule has 0 fully saturated rings. The van der Waals surface area contributed by atoms with Gasteiger partial charge in [-0.05, 0) is 12.0 Å². The number of hydrogen-bond donors (Lipinski definition) is 1. The SMILES string of the molecule is CC(C)CC(=O)Nc1ccnc2c1c(=O)n(C)c(=O)n2C. The van der Waals surface area contributed by atoms with Crippen LogP contribution < -0.4 is 16.6 Å². The van der Waals surface area contributed by atoms with E-state index in [9.17, 15) is 14.4 Å². The Morgan fingerprint density at radius 2 is 1.95 bits per heavy atom. The number of anilines is 1. The maximum atomic E-state index is 12.3. The predicted molar refractivity (Wildman–Crippen MR) is 80.3 cm³/mol. The van der Waals surface area contributed by atoms with Crippen molar-refractivity contribution >= 4 is 22.6 Å². The lowest BCUT2D eigenvalue weighted by Crippen LogP contribution is -2.37. The van der Waals surface area contributed by atoms with Gasteiger partial charge in [0, 0.05) is 26.7 Å². The van der Waals surface area contributed by atoms with Gasteiger partial charge in [-0.25, -0.2) is 9.78 Å². The molecule has 7 heteroatoms. The summed E-state index contributed by atoms with van der Waals surface area (Å²) in [7, 11) is 2.94. The summed E-state index contributed by atoms with van der Waals surface area (Å²) in [4.78, 5) is 40.1. The maximum absolute atomic E-state index is 12.3. The van der Waals surface area contributed by atoms with E-state index in [1.165, 1.54) is 24.9 Å². The van der Waals surface area contributed by atoms with Crippen LogP contribution in [0.2, 0.25) is 0 Å². The van der Waals surface area contributed by atoms with Crippen molar-refractivity contribution in [1.29, 1.82) is 0 Å². The Morgan fingerprint density at radius 3 is 2.57 bits per heavy atom. The minimum atomic E-state index is -0.471. The molecule has 2 aromatic heterocycles. The molecule has 21 heavy (non-hydrogen) atoms. The van der Waals surface area contributed by atoms with Crippen LogP contribution in [0, 0.1) is 5.92 Å². The Bertz CT molecular complexity index is 817. The lowest BCUT2D eigenvalue weighted by molar-refractivity contribution is -0.116. The smallest absolute Gasteiger partial charge is 0.325 e. The molecule has 0 saturated heterocycles. The number of fused-ring (bicyclic) bond motifs is 1. The Hall–Kier alpha value is -2.44. The van der Waals surface area contributed by atoms with Gasteiger partial charge in [-0.15, -0.1) is 0 Å². The molecule has 2 heterocycles. The van der Waals surface area contributed by atoms with Gasteiger partial charge >= 0.3 is 5.69 Å². The average Bonchev–Trinajstić information content (AvgIpc) is 2.41. The minimum Gasteiger partial charge on any atom is -0.325 e. The molecule has 0 bridgehead atoms.